The molecule has 1 aromatic rings. The zero-order chi connectivity index (χ0) is 9.30. The molecule has 2 nitrogen and oxygen atoms in total. The Kier molecular flexibility index (Phi) is 2.85. The first kappa shape index (κ1) is 9.68. The van der Waals surface area contributed by atoms with Crippen LogP contribution < -0.4 is 4.74 Å². The second-order valence-electron chi connectivity index (χ2n) is 2.37. The number of hydrogen-bond donors (Lipinski definition) is 1. The number of phenolic OH excluding ortho intramolecular Hbond substituents is 1. The highest BCUT2D eigenvalue weighted by molar-refractivity contribution is 9.10. The molecule has 0 aliphatic carbocycles. The van der Waals surface area contributed by atoms with Crippen molar-refractivity contribution in [1.29, 1.82) is 0 Å². The fraction of sp³-hybridized carbons (Fsp3) is 0.250. The third-order valence-corrected chi connectivity index (χ3v) is 2.61. The number of aryl methyl sites for hydroxylation is 1. The zero-order valence-corrected chi connectivity index (χ0v) is 9.03. The minimum absolute atomic E-state index is 0.0353. The Bertz CT molecular complexity index is 286. The van der Waals surface area contributed by atoms with Gasteiger partial charge in [-0.15, -0.1) is 0 Å². The molecule has 4 heteroatoms. The van der Waals surface area contributed by atoms with Gasteiger partial charge in [-0.2, -0.15) is 0 Å². The summed E-state index contributed by atoms with van der Waals surface area (Å²) in [7, 11) is 1.47. The molecule has 0 radical (unpaired) electrons. The normalized spacial score (nSPS) is 10.0. The summed E-state index contributed by atoms with van der Waals surface area (Å²) in [5.41, 5.74) is 0.859. The van der Waals surface area contributed by atoms with Crippen LogP contribution in [0.2, 0.25) is 5.02 Å². The van der Waals surface area contributed by atoms with Crippen LogP contribution in [0.5, 0.6) is 11.5 Å². The standard InChI is InChI=1S/C8H8BrClO2/c1-4-3-5(9)7(11)8(12-2)6(4)10/h3,11H,1-2H3. The lowest BCUT2D eigenvalue weighted by atomic mass is 10.2. The van der Waals surface area contributed by atoms with Crippen molar-refractivity contribution in [3.05, 3.63) is 21.1 Å². The molecule has 0 saturated heterocycles. The lowest BCUT2D eigenvalue weighted by Gasteiger charge is -2.09. The van der Waals surface area contributed by atoms with Crippen LogP contribution in [0.4, 0.5) is 0 Å². The third-order valence-electron chi connectivity index (χ3n) is 1.53. The predicted molar refractivity (Wildman–Crippen MR) is 52.1 cm³/mol. The Morgan fingerprint density at radius 1 is 1.58 bits per heavy atom. The van der Waals surface area contributed by atoms with Crippen molar-refractivity contribution >= 4 is 27.5 Å². The van der Waals surface area contributed by atoms with E-state index in [2.05, 4.69) is 15.9 Å². The first-order valence-corrected chi connectivity index (χ1v) is 4.46. The molecule has 0 atom stereocenters. The Morgan fingerprint density at radius 3 is 2.67 bits per heavy atom. The zero-order valence-electron chi connectivity index (χ0n) is 6.69. The summed E-state index contributed by atoms with van der Waals surface area (Å²) < 4.78 is 5.51. The molecule has 0 bridgehead atoms. The smallest absolute Gasteiger partial charge is 0.180 e. The van der Waals surface area contributed by atoms with Gasteiger partial charge in [-0.1, -0.05) is 11.6 Å². The minimum Gasteiger partial charge on any atom is -0.503 e. The Morgan fingerprint density at radius 2 is 2.17 bits per heavy atom. The van der Waals surface area contributed by atoms with Gasteiger partial charge in [-0.25, -0.2) is 0 Å². The fourth-order valence-corrected chi connectivity index (χ4v) is 1.64. The van der Waals surface area contributed by atoms with Crippen LogP contribution in [0, 0.1) is 6.92 Å². The number of benzene rings is 1. The van der Waals surface area contributed by atoms with Crippen molar-refractivity contribution in [3.63, 3.8) is 0 Å². The maximum absolute atomic E-state index is 9.45. The van der Waals surface area contributed by atoms with E-state index in [0.717, 1.165) is 5.56 Å². The second kappa shape index (κ2) is 3.54. The summed E-state index contributed by atoms with van der Waals surface area (Å²) in [6.45, 7) is 1.84. The monoisotopic (exact) mass is 250 g/mol. The highest BCUT2D eigenvalue weighted by atomic mass is 79.9. The molecule has 0 aromatic heterocycles. The first-order valence-electron chi connectivity index (χ1n) is 3.29. The van der Waals surface area contributed by atoms with Crippen molar-refractivity contribution in [1.82, 2.24) is 0 Å². The van der Waals surface area contributed by atoms with Gasteiger partial charge in [0.2, 0.25) is 0 Å². The van der Waals surface area contributed by atoms with Gasteiger partial charge >= 0.3 is 0 Å². The minimum atomic E-state index is 0.0353. The van der Waals surface area contributed by atoms with E-state index in [0.29, 0.717) is 15.2 Å². The lowest BCUT2D eigenvalue weighted by Crippen LogP contribution is -1.88. The van der Waals surface area contributed by atoms with E-state index in [9.17, 15) is 5.11 Å². The molecule has 66 valence electrons. The average Bonchev–Trinajstić information content (AvgIpc) is 2.02. The quantitative estimate of drug-likeness (QED) is 0.831. The molecular weight excluding hydrogens is 243 g/mol. The number of hydrogen-bond acceptors (Lipinski definition) is 2. The molecule has 0 fully saturated rings. The molecule has 0 amide bonds. The first-order chi connectivity index (χ1) is 5.57. The molecule has 0 aliphatic heterocycles. The summed E-state index contributed by atoms with van der Waals surface area (Å²) in [6.07, 6.45) is 0. The lowest BCUT2D eigenvalue weighted by molar-refractivity contribution is 0.372. The number of phenols is 1. The Hall–Kier alpha value is -0.410. The molecule has 0 heterocycles. The Labute approximate surface area is 84.2 Å². The van der Waals surface area contributed by atoms with Crippen molar-refractivity contribution in [2.75, 3.05) is 7.11 Å². The topological polar surface area (TPSA) is 29.5 Å². The van der Waals surface area contributed by atoms with Crippen LogP contribution in [-0.2, 0) is 0 Å². The van der Waals surface area contributed by atoms with Crippen LogP contribution in [0.3, 0.4) is 0 Å². The number of halogens is 2. The second-order valence-corrected chi connectivity index (χ2v) is 3.60. The van der Waals surface area contributed by atoms with Gasteiger partial charge < -0.3 is 9.84 Å². The highest BCUT2D eigenvalue weighted by Gasteiger charge is 2.12. The molecule has 12 heavy (non-hydrogen) atoms. The van der Waals surface area contributed by atoms with Crippen molar-refractivity contribution in [2.45, 2.75) is 6.92 Å². The molecule has 1 N–H and O–H groups in total. The van der Waals surface area contributed by atoms with Crippen molar-refractivity contribution in [3.8, 4) is 11.5 Å². The van der Waals surface area contributed by atoms with Gasteiger partial charge in [-0.3, -0.25) is 0 Å². The maximum atomic E-state index is 9.45. The van der Waals surface area contributed by atoms with Crippen LogP contribution in [-0.4, -0.2) is 12.2 Å². The van der Waals surface area contributed by atoms with Crippen molar-refractivity contribution < 1.29 is 9.84 Å². The van der Waals surface area contributed by atoms with E-state index in [1.165, 1.54) is 7.11 Å². The van der Waals surface area contributed by atoms with Gasteiger partial charge in [0.15, 0.2) is 11.5 Å². The number of aromatic hydroxyl groups is 1. The predicted octanol–water partition coefficient (Wildman–Crippen LogP) is 3.13. The largest absolute Gasteiger partial charge is 0.503 e. The van der Waals surface area contributed by atoms with E-state index in [-0.39, 0.29) is 5.75 Å². The van der Waals surface area contributed by atoms with Crippen LogP contribution in [0.1, 0.15) is 5.56 Å². The molecule has 0 saturated carbocycles. The number of ether oxygens (including phenoxy) is 1. The SMILES string of the molecule is COc1c(O)c(Br)cc(C)c1Cl. The van der Waals surface area contributed by atoms with E-state index < -0.39 is 0 Å². The van der Waals surface area contributed by atoms with Crippen LogP contribution in [0.15, 0.2) is 10.5 Å². The third kappa shape index (κ3) is 1.52. The summed E-state index contributed by atoms with van der Waals surface area (Å²) in [5, 5.41) is 9.89. The molecule has 0 aliphatic rings. The van der Waals surface area contributed by atoms with E-state index in [1.54, 1.807) is 6.07 Å². The summed E-state index contributed by atoms with van der Waals surface area (Å²) in [6, 6.07) is 1.74. The van der Waals surface area contributed by atoms with Gasteiger partial charge in [0.1, 0.15) is 0 Å². The summed E-state index contributed by atoms with van der Waals surface area (Å²) in [5.74, 6) is 0.344. The highest BCUT2D eigenvalue weighted by Crippen LogP contribution is 2.41. The van der Waals surface area contributed by atoms with E-state index >= 15 is 0 Å². The van der Waals surface area contributed by atoms with E-state index in [1.807, 2.05) is 6.92 Å². The fourth-order valence-electron chi connectivity index (χ4n) is 0.900. The average molecular weight is 252 g/mol. The summed E-state index contributed by atoms with van der Waals surface area (Å²) >= 11 is 9.05. The van der Waals surface area contributed by atoms with Gasteiger partial charge in [0.25, 0.3) is 0 Å². The van der Waals surface area contributed by atoms with Crippen LogP contribution in [0.25, 0.3) is 0 Å². The molecule has 0 spiro atoms. The summed E-state index contributed by atoms with van der Waals surface area (Å²) in [4.78, 5) is 0. The molecule has 1 rings (SSSR count). The molecule has 0 unspecified atom stereocenters. The van der Waals surface area contributed by atoms with Crippen molar-refractivity contribution in [2.24, 2.45) is 0 Å². The molecule has 1 aromatic carbocycles. The molecular formula is C8H8BrClO2. The van der Waals surface area contributed by atoms with Gasteiger partial charge in [0.05, 0.1) is 16.6 Å². The number of rotatable bonds is 1. The van der Waals surface area contributed by atoms with Gasteiger partial charge in [-0.05, 0) is 34.5 Å². The van der Waals surface area contributed by atoms with Gasteiger partial charge in [0, 0.05) is 0 Å². The Balaban J connectivity index is 3.42. The number of methoxy groups -OCH3 is 1. The van der Waals surface area contributed by atoms with Crippen LogP contribution >= 0.6 is 27.5 Å². The van der Waals surface area contributed by atoms with E-state index in [4.69, 9.17) is 16.3 Å². The maximum Gasteiger partial charge on any atom is 0.180 e.